The van der Waals surface area contributed by atoms with E-state index in [1.165, 1.54) is 18.9 Å². The Morgan fingerprint density at radius 1 is 1.05 bits per heavy atom. The highest BCUT2D eigenvalue weighted by atomic mass is 16.5. The summed E-state index contributed by atoms with van der Waals surface area (Å²) in [5, 5.41) is 7.57. The van der Waals surface area contributed by atoms with E-state index >= 15 is 0 Å². The van der Waals surface area contributed by atoms with Crippen molar-refractivity contribution in [2.75, 3.05) is 14.2 Å². The maximum absolute atomic E-state index is 11.9. The van der Waals surface area contributed by atoms with Crippen LogP contribution in [0.3, 0.4) is 0 Å². The van der Waals surface area contributed by atoms with Crippen molar-refractivity contribution in [3.05, 3.63) is 47.8 Å². The number of hydrogen-bond acceptors (Lipinski definition) is 6. The van der Waals surface area contributed by atoms with Crippen LogP contribution < -0.4 is 0 Å². The van der Waals surface area contributed by atoms with E-state index < -0.39 is 11.9 Å². The summed E-state index contributed by atoms with van der Waals surface area (Å²) in [5.74, 6) is -1.44. The van der Waals surface area contributed by atoms with Crippen molar-refractivity contribution < 1.29 is 19.1 Å². The highest BCUT2D eigenvalue weighted by Gasteiger charge is 2.28. The molecule has 20 heavy (non-hydrogen) atoms. The molecule has 0 fully saturated rings. The standard InChI is InChI=1S/C13H13N3O4/c1-19-12(17)10-11(13(18)20-2)16(15-14-10)9-7-5-3-4-6-8-9/h3-9H,1-2H3. The molecule has 0 radical (unpaired) electrons. The van der Waals surface area contributed by atoms with E-state index in [-0.39, 0.29) is 17.4 Å². The zero-order chi connectivity index (χ0) is 14.5. The van der Waals surface area contributed by atoms with Gasteiger partial charge < -0.3 is 9.47 Å². The molecular formula is C13H13N3O4. The predicted octanol–water partition coefficient (Wildman–Crippen LogP) is 1.07. The van der Waals surface area contributed by atoms with Gasteiger partial charge in [0.15, 0.2) is 5.69 Å². The molecule has 1 aromatic rings. The van der Waals surface area contributed by atoms with Crippen molar-refractivity contribution in [1.29, 1.82) is 0 Å². The first-order valence-corrected chi connectivity index (χ1v) is 5.82. The van der Waals surface area contributed by atoms with Crippen LogP contribution in [0.2, 0.25) is 0 Å². The van der Waals surface area contributed by atoms with Gasteiger partial charge in [0.1, 0.15) is 0 Å². The number of carbonyl (C=O) groups is 2. The molecule has 0 saturated heterocycles. The van der Waals surface area contributed by atoms with Crippen molar-refractivity contribution in [3.8, 4) is 0 Å². The van der Waals surface area contributed by atoms with Crippen molar-refractivity contribution in [2.24, 2.45) is 0 Å². The second-order valence-electron chi connectivity index (χ2n) is 3.86. The first-order valence-electron chi connectivity index (χ1n) is 5.82. The Bertz CT molecular complexity index is 597. The van der Waals surface area contributed by atoms with E-state index in [4.69, 9.17) is 0 Å². The number of hydrogen-bond donors (Lipinski definition) is 0. The first-order chi connectivity index (χ1) is 9.69. The van der Waals surface area contributed by atoms with Crippen molar-refractivity contribution in [2.45, 2.75) is 6.04 Å². The molecular weight excluding hydrogens is 262 g/mol. The topological polar surface area (TPSA) is 83.3 Å². The minimum Gasteiger partial charge on any atom is -0.464 e. The smallest absolute Gasteiger partial charge is 0.361 e. The third-order valence-electron chi connectivity index (χ3n) is 2.68. The fraction of sp³-hybridized carbons (Fsp3) is 0.231. The minimum absolute atomic E-state index is 0.0412. The molecule has 1 aromatic heterocycles. The minimum atomic E-state index is -0.739. The molecule has 1 aliphatic rings. The SMILES string of the molecule is COC(=O)c1nnn(C2C=CC=CC=C2)c1C(=O)OC. The number of allylic oxidation sites excluding steroid dienone is 6. The van der Waals surface area contributed by atoms with E-state index in [9.17, 15) is 9.59 Å². The molecule has 0 aromatic carbocycles. The molecule has 7 heteroatoms. The third kappa shape index (κ3) is 2.51. The molecule has 0 saturated carbocycles. The second kappa shape index (κ2) is 5.96. The van der Waals surface area contributed by atoms with Gasteiger partial charge in [-0.1, -0.05) is 41.7 Å². The first kappa shape index (κ1) is 13.7. The third-order valence-corrected chi connectivity index (χ3v) is 2.68. The molecule has 1 heterocycles. The molecule has 2 rings (SSSR count). The van der Waals surface area contributed by atoms with Gasteiger partial charge in [-0.05, 0) is 0 Å². The number of nitrogens with zero attached hydrogens (tertiary/aromatic N) is 3. The summed E-state index contributed by atoms with van der Waals surface area (Å²) in [4.78, 5) is 23.5. The largest absolute Gasteiger partial charge is 0.464 e. The highest BCUT2D eigenvalue weighted by Crippen LogP contribution is 2.18. The molecule has 0 aliphatic heterocycles. The zero-order valence-corrected chi connectivity index (χ0v) is 11.0. The van der Waals surface area contributed by atoms with Crippen LogP contribution in [-0.4, -0.2) is 41.2 Å². The Morgan fingerprint density at radius 3 is 2.20 bits per heavy atom. The molecule has 1 aliphatic carbocycles. The average molecular weight is 275 g/mol. The van der Waals surface area contributed by atoms with Gasteiger partial charge in [-0.3, -0.25) is 0 Å². The van der Waals surface area contributed by atoms with Crippen LogP contribution in [0.25, 0.3) is 0 Å². The lowest BCUT2D eigenvalue weighted by atomic mass is 10.2. The number of aromatic nitrogens is 3. The van der Waals surface area contributed by atoms with Gasteiger partial charge in [0.25, 0.3) is 0 Å². The van der Waals surface area contributed by atoms with Gasteiger partial charge >= 0.3 is 11.9 Å². The van der Waals surface area contributed by atoms with Crippen LogP contribution in [0, 0.1) is 0 Å². The molecule has 0 bridgehead atoms. The molecule has 104 valence electrons. The Hall–Kier alpha value is -2.70. The van der Waals surface area contributed by atoms with Gasteiger partial charge in [0, 0.05) is 0 Å². The van der Waals surface area contributed by atoms with Crippen molar-refractivity contribution in [3.63, 3.8) is 0 Å². The molecule has 7 nitrogen and oxygen atoms in total. The van der Waals surface area contributed by atoms with Crippen LogP contribution in [0.1, 0.15) is 27.0 Å². The van der Waals surface area contributed by atoms with Crippen LogP contribution in [0.5, 0.6) is 0 Å². The number of carbonyl (C=O) groups excluding carboxylic acids is 2. The van der Waals surface area contributed by atoms with Gasteiger partial charge in [0.2, 0.25) is 5.69 Å². The lowest BCUT2D eigenvalue weighted by molar-refractivity contribution is 0.0543. The van der Waals surface area contributed by atoms with Crippen molar-refractivity contribution >= 4 is 11.9 Å². The summed E-state index contributed by atoms with van der Waals surface area (Å²) in [6.07, 6.45) is 10.9. The number of rotatable bonds is 3. The maximum atomic E-state index is 11.9. The van der Waals surface area contributed by atoms with E-state index in [2.05, 4.69) is 19.8 Å². The average Bonchev–Trinajstić information content (AvgIpc) is 2.73. The second-order valence-corrected chi connectivity index (χ2v) is 3.86. The summed E-state index contributed by atoms with van der Waals surface area (Å²) in [6, 6.07) is -0.343. The lowest BCUT2D eigenvalue weighted by Crippen LogP contribution is -2.18. The van der Waals surface area contributed by atoms with Crippen molar-refractivity contribution in [1.82, 2.24) is 15.0 Å². The fourth-order valence-corrected chi connectivity index (χ4v) is 1.73. The monoisotopic (exact) mass is 275 g/mol. The molecule has 0 atom stereocenters. The maximum Gasteiger partial charge on any atom is 0.361 e. The number of esters is 2. The highest BCUT2D eigenvalue weighted by molar-refractivity contribution is 6.00. The Kier molecular flexibility index (Phi) is 4.09. The normalized spacial score (nSPS) is 14.1. The van der Waals surface area contributed by atoms with Crippen LogP contribution in [-0.2, 0) is 9.47 Å². The fourth-order valence-electron chi connectivity index (χ4n) is 1.73. The summed E-state index contributed by atoms with van der Waals surface area (Å²) in [7, 11) is 2.43. The Balaban J connectivity index is 2.50. The molecule has 0 spiro atoms. The summed E-state index contributed by atoms with van der Waals surface area (Å²) in [5.41, 5.74) is -0.209. The van der Waals surface area contributed by atoms with Crippen LogP contribution in [0.15, 0.2) is 36.5 Å². The van der Waals surface area contributed by atoms with Gasteiger partial charge in [-0.25, -0.2) is 14.3 Å². The molecule has 0 amide bonds. The Morgan fingerprint density at radius 2 is 1.65 bits per heavy atom. The molecule has 0 N–H and O–H groups in total. The summed E-state index contributed by atoms with van der Waals surface area (Å²) < 4.78 is 10.6. The van der Waals surface area contributed by atoms with E-state index in [0.29, 0.717) is 0 Å². The van der Waals surface area contributed by atoms with Gasteiger partial charge in [0.05, 0.1) is 20.3 Å². The Labute approximate surface area is 115 Å². The summed E-state index contributed by atoms with van der Waals surface area (Å²) in [6.45, 7) is 0. The van der Waals surface area contributed by atoms with E-state index in [1.54, 1.807) is 0 Å². The lowest BCUT2D eigenvalue weighted by Gasteiger charge is -2.10. The predicted molar refractivity (Wildman–Crippen MR) is 69.2 cm³/mol. The molecule has 0 unspecified atom stereocenters. The van der Waals surface area contributed by atoms with Gasteiger partial charge in [-0.2, -0.15) is 0 Å². The number of ether oxygens (including phenoxy) is 2. The quantitative estimate of drug-likeness (QED) is 0.767. The van der Waals surface area contributed by atoms with Crippen LogP contribution >= 0.6 is 0 Å². The van der Waals surface area contributed by atoms with Gasteiger partial charge in [-0.15, -0.1) is 5.10 Å². The van der Waals surface area contributed by atoms with Crippen LogP contribution in [0.4, 0.5) is 0 Å². The number of methoxy groups -OCH3 is 2. The van der Waals surface area contributed by atoms with E-state index in [1.807, 2.05) is 36.5 Å². The van der Waals surface area contributed by atoms with E-state index in [0.717, 1.165) is 0 Å². The zero-order valence-electron chi connectivity index (χ0n) is 11.0. The summed E-state index contributed by atoms with van der Waals surface area (Å²) >= 11 is 0.